The Bertz CT molecular complexity index is 518. The number of hydrogen-bond acceptors (Lipinski definition) is 4. The predicted molar refractivity (Wildman–Crippen MR) is 69.0 cm³/mol. The van der Waals surface area contributed by atoms with Gasteiger partial charge in [-0.05, 0) is 24.3 Å². The van der Waals surface area contributed by atoms with Crippen LogP contribution in [-0.4, -0.2) is 28.7 Å². The molecule has 19 heavy (non-hydrogen) atoms. The summed E-state index contributed by atoms with van der Waals surface area (Å²) < 4.78 is 12.7. The Hall–Kier alpha value is -1.89. The first-order chi connectivity index (χ1) is 9.04. The van der Waals surface area contributed by atoms with Gasteiger partial charge in [-0.25, -0.2) is 4.39 Å². The van der Waals surface area contributed by atoms with Crippen molar-refractivity contribution in [2.24, 2.45) is 0 Å². The van der Waals surface area contributed by atoms with Crippen molar-refractivity contribution in [1.29, 1.82) is 0 Å². The Balaban J connectivity index is 1.80. The highest BCUT2D eigenvalue weighted by Gasteiger charge is 2.31. The van der Waals surface area contributed by atoms with Gasteiger partial charge in [-0.2, -0.15) is 0 Å². The second-order valence-electron chi connectivity index (χ2n) is 3.97. The van der Waals surface area contributed by atoms with Crippen LogP contribution in [-0.2, 0) is 14.4 Å². The van der Waals surface area contributed by atoms with Crippen LogP contribution in [0.4, 0.5) is 10.1 Å². The zero-order chi connectivity index (χ0) is 13.8. The fraction of sp³-hybridized carbons (Fsp3) is 0.250. The molecule has 1 aliphatic heterocycles. The van der Waals surface area contributed by atoms with Crippen molar-refractivity contribution >= 4 is 35.2 Å². The number of halogens is 1. The molecule has 0 radical (unpaired) electrons. The Morgan fingerprint density at radius 3 is 2.63 bits per heavy atom. The van der Waals surface area contributed by atoms with Crippen molar-refractivity contribution < 1.29 is 18.8 Å². The molecule has 1 aromatic carbocycles. The third-order valence-corrected chi connectivity index (χ3v) is 3.68. The summed E-state index contributed by atoms with van der Waals surface area (Å²) in [6.45, 7) is 0. The molecule has 2 N–H and O–H groups in total. The second kappa shape index (κ2) is 5.83. The van der Waals surface area contributed by atoms with Crippen LogP contribution >= 0.6 is 11.8 Å². The first kappa shape index (κ1) is 13.5. The maximum absolute atomic E-state index is 12.7. The fourth-order valence-electron chi connectivity index (χ4n) is 1.57. The van der Waals surface area contributed by atoms with Gasteiger partial charge in [-0.3, -0.25) is 19.7 Å². The van der Waals surface area contributed by atoms with E-state index in [1.54, 1.807) is 0 Å². The third-order valence-electron chi connectivity index (χ3n) is 2.47. The molecule has 1 saturated heterocycles. The largest absolute Gasteiger partial charge is 0.325 e. The summed E-state index contributed by atoms with van der Waals surface area (Å²) in [4.78, 5) is 33.8. The summed E-state index contributed by atoms with van der Waals surface area (Å²) >= 11 is 1.11. The van der Waals surface area contributed by atoms with E-state index in [1.165, 1.54) is 24.3 Å². The smallest absolute Gasteiger partial charge is 0.240 e. The van der Waals surface area contributed by atoms with Gasteiger partial charge in [0.1, 0.15) is 5.82 Å². The standard InChI is InChI=1S/C12H11FN2O3S/c13-7-1-3-8(4-2-7)14-11(17)6-19-9-5-10(16)15-12(9)18/h1-4,9H,5-6H2,(H,14,17)(H,15,16,18). The van der Waals surface area contributed by atoms with E-state index in [9.17, 15) is 18.8 Å². The molecule has 2 rings (SSSR count). The van der Waals surface area contributed by atoms with E-state index >= 15 is 0 Å². The van der Waals surface area contributed by atoms with Crippen LogP contribution < -0.4 is 10.6 Å². The average molecular weight is 282 g/mol. The number of imide groups is 1. The van der Waals surface area contributed by atoms with Crippen LogP contribution in [0.5, 0.6) is 0 Å². The lowest BCUT2D eigenvalue weighted by atomic mass is 10.3. The Morgan fingerprint density at radius 2 is 2.05 bits per heavy atom. The summed E-state index contributed by atoms with van der Waals surface area (Å²) in [7, 11) is 0. The van der Waals surface area contributed by atoms with Crippen molar-refractivity contribution in [2.45, 2.75) is 11.7 Å². The molecule has 1 atom stereocenters. The lowest BCUT2D eigenvalue weighted by Crippen LogP contribution is -2.24. The van der Waals surface area contributed by atoms with Crippen LogP contribution in [0, 0.1) is 5.82 Å². The van der Waals surface area contributed by atoms with Gasteiger partial charge in [0.05, 0.1) is 11.0 Å². The molecule has 100 valence electrons. The van der Waals surface area contributed by atoms with Crippen LogP contribution in [0.1, 0.15) is 6.42 Å². The zero-order valence-electron chi connectivity index (χ0n) is 9.81. The lowest BCUT2D eigenvalue weighted by Gasteiger charge is -2.07. The van der Waals surface area contributed by atoms with E-state index in [0.717, 1.165) is 11.8 Å². The second-order valence-corrected chi connectivity index (χ2v) is 5.16. The van der Waals surface area contributed by atoms with Crippen LogP contribution in [0.25, 0.3) is 0 Å². The summed E-state index contributed by atoms with van der Waals surface area (Å²) in [5.41, 5.74) is 0.485. The molecule has 1 unspecified atom stereocenters. The molecule has 0 saturated carbocycles. The maximum Gasteiger partial charge on any atom is 0.240 e. The monoisotopic (exact) mass is 282 g/mol. The minimum Gasteiger partial charge on any atom is -0.325 e. The number of benzene rings is 1. The van der Waals surface area contributed by atoms with Gasteiger partial charge in [0.25, 0.3) is 0 Å². The van der Waals surface area contributed by atoms with E-state index in [4.69, 9.17) is 0 Å². The number of anilines is 1. The van der Waals surface area contributed by atoms with Crippen molar-refractivity contribution in [1.82, 2.24) is 5.32 Å². The van der Waals surface area contributed by atoms with Crippen molar-refractivity contribution in [2.75, 3.05) is 11.1 Å². The first-order valence-electron chi connectivity index (χ1n) is 5.55. The van der Waals surface area contributed by atoms with Crippen molar-refractivity contribution in [3.8, 4) is 0 Å². The lowest BCUT2D eigenvalue weighted by molar-refractivity contribution is -0.124. The molecule has 1 aromatic rings. The molecule has 0 bridgehead atoms. The Kier molecular flexibility index (Phi) is 4.16. The van der Waals surface area contributed by atoms with Gasteiger partial charge in [0.15, 0.2) is 0 Å². The SMILES string of the molecule is O=C1CC(SCC(=O)Nc2ccc(F)cc2)C(=O)N1. The summed E-state index contributed by atoms with van der Waals surface area (Å²) in [5, 5.41) is 4.24. The number of rotatable bonds is 4. The van der Waals surface area contributed by atoms with Crippen LogP contribution in [0.2, 0.25) is 0 Å². The molecular weight excluding hydrogens is 271 g/mol. The maximum atomic E-state index is 12.7. The molecule has 0 aliphatic carbocycles. The molecule has 1 heterocycles. The predicted octanol–water partition coefficient (Wildman–Crippen LogP) is 0.912. The van der Waals surface area contributed by atoms with Gasteiger partial charge in [0.2, 0.25) is 17.7 Å². The third kappa shape index (κ3) is 3.78. The van der Waals surface area contributed by atoms with E-state index in [1.807, 2.05) is 0 Å². The number of amides is 3. The molecule has 5 nitrogen and oxygen atoms in total. The molecule has 0 spiro atoms. The average Bonchev–Trinajstić information content (AvgIpc) is 2.68. The number of hydrogen-bond donors (Lipinski definition) is 2. The topological polar surface area (TPSA) is 75.3 Å². The summed E-state index contributed by atoms with van der Waals surface area (Å²) in [5.74, 6) is -1.30. The number of carbonyl (C=O) groups excluding carboxylic acids is 3. The highest BCUT2D eigenvalue weighted by Crippen LogP contribution is 2.19. The van der Waals surface area contributed by atoms with Gasteiger partial charge in [-0.15, -0.1) is 11.8 Å². The first-order valence-corrected chi connectivity index (χ1v) is 6.60. The number of nitrogens with one attached hydrogen (secondary N) is 2. The van der Waals surface area contributed by atoms with Crippen molar-refractivity contribution in [3.05, 3.63) is 30.1 Å². The van der Waals surface area contributed by atoms with Gasteiger partial charge < -0.3 is 5.32 Å². The fourth-order valence-corrected chi connectivity index (χ4v) is 2.48. The molecule has 1 aliphatic rings. The van der Waals surface area contributed by atoms with Gasteiger partial charge in [-0.1, -0.05) is 0 Å². The van der Waals surface area contributed by atoms with Gasteiger partial charge in [0, 0.05) is 12.1 Å². The van der Waals surface area contributed by atoms with Gasteiger partial charge >= 0.3 is 0 Å². The zero-order valence-corrected chi connectivity index (χ0v) is 10.6. The van der Waals surface area contributed by atoms with Crippen LogP contribution in [0.15, 0.2) is 24.3 Å². The summed E-state index contributed by atoms with van der Waals surface area (Å²) in [6.07, 6.45) is 0.104. The van der Waals surface area contributed by atoms with Crippen molar-refractivity contribution in [3.63, 3.8) is 0 Å². The number of thioether (sulfide) groups is 1. The minimum atomic E-state index is -0.508. The Morgan fingerprint density at radius 1 is 1.37 bits per heavy atom. The van der Waals surface area contributed by atoms with Crippen LogP contribution in [0.3, 0.4) is 0 Å². The molecule has 0 aromatic heterocycles. The molecular formula is C12H11FN2O3S. The molecule has 1 fully saturated rings. The number of carbonyl (C=O) groups is 3. The highest BCUT2D eigenvalue weighted by atomic mass is 32.2. The van der Waals surface area contributed by atoms with E-state index in [0.29, 0.717) is 5.69 Å². The van der Waals surface area contributed by atoms with E-state index in [-0.39, 0.29) is 35.7 Å². The summed E-state index contributed by atoms with van der Waals surface area (Å²) in [6, 6.07) is 5.38. The molecule has 3 amide bonds. The molecule has 7 heteroatoms. The van der Waals surface area contributed by atoms with E-state index in [2.05, 4.69) is 10.6 Å². The highest BCUT2D eigenvalue weighted by molar-refractivity contribution is 8.01. The minimum absolute atomic E-state index is 0.0583. The normalized spacial score (nSPS) is 18.3. The quantitative estimate of drug-likeness (QED) is 0.805. The Labute approximate surface area is 112 Å². The van der Waals surface area contributed by atoms with E-state index < -0.39 is 5.25 Å².